The zero-order chi connectivity index (χ0) is 15.0. The number of ether oxygens (including phenoxy) is 2. The molecule has 0 aromatic carbocycles. The molecule has 1 heterocycles. The van der Waals surface area contributed by atoms with Gasteiger partial charge in [0.2, 0.25) is 0 Å². The summed E-state index contributed by atoms with van der Waals surface area (Å²) in [6.07, 6.45) is 0. The average molecular weight is 299 g/mol. The Kier molecular flexibility index (Phi) is 8.38. The van der Waals surface area contributed by atoms with E-state index in [-0.39, 0.29) is 0 Å². The minimum atomic E-state index is 0.523. The van der Waals surface area contributed by atoms with Crippen LogP contribution in [-0.2, 0) is 22.6 Å². The Morgan fingerprint density at radius 1 is 1.15 bits per heavy atom. The van der Waals surface area contributed by atoms with Crippen molar-refractivity contribution in [2.45, 2.75) is 53.8 Å². The van der Waals surface area contributed by atoms with Crippen LogP contribution in [0.2, 0.25) is 0 Å². The van der Waals surface area contributed by atoms with E-state index in [1.54, 1.807) is 0 Å². The molecule has 0 amide bonds. The molecule has 0 aliphatic rings. The lowest BCUT2D eigenvalue weighted by molar-refractivity contribution is 0.0314. The maximum absolute atomic E-state index is 5.68. The van der Waals surface area contributed by atoms with Gasteiger partial charge >= 0.3 is 0 Å². The van der Waals surface area contributed by atoms with Crippen LogP contribution >= 0.6 is 11.3 Å². The van der Waals surface area contributed by atoms with Gasteiger partial charge in [0, 0.05) is 28.9 Å². The van der Waals surface area contributed by atoms with Crippen molar-refractivity contribution in [3.8, 4) is 0 Å². The number of rotatable bonds is 10. The highest BCUT2D eigenvalue weighted by atomic mass is 32.1. The molecule has 1 rings (SSSR count). The fourth-order valence-electron chi connectivity index (χ4n) is 1.74. The first-order chi connectivity index (χ1) is 9.49. The molecule has 0 atom stereocenters. The lowest BCUT2D eigenvalue weighted by Gasteiger charge is -2.07. The van der Waals surface area contributed by atoms with Gasteiger partial charge in [0.25, 0.3) is 0 Å². The highest BCUT2D eigenvalue weighted by Crippen LogP contribution is 2.22. The predicted molar refractivity (Wildman–Crippen MR) is 86.3 cm³/mol. The van der Waals surface area contributed by atoms with Gasteiger partial charge in [-0.05, 0) is 24.5 Å². The zero-order valence-electron chi connectivity index (χ0n) is 13.5. The van der Waals surface area contributed by atoms with Gasteiger partial charge in [-0.1, -0.05) is 27.7 Å². The van der Waals surface area contributed by atoms with Crippen LogP contribution < -0.4 is 5.32 Å². The van der Waals surface area contributed by atoms with Gasteiger partial charge in [-0.3, -0.25) is 0 Å². The Balaban J connectivity index is 2.23. The van der Waals surface area contributed by atoms with E-state index in [9.17, 15) is 0 Å². The molecule has 0 radical (unpaired) electrons. The van der Waals surface area contributed by atoms with E-state index < -0.39 is 0 Å². The summed E-state index contributed by atoms with van der Waals surface area (Å²) in [5, 5.41) is 3.45. The molecule has 0 aliphatic carbocycles. The Morgan fingerprint density at radius 3 is 2.50 bits per heavy atom. The van der Waals surface area contributed by atoms with Crippen LogP contribution in [-0.4, -0.2) is 25.9 Å². The van der Waals surface area contributed by atoms with Crippen LogP contribution in [0.3, 0.4) is 0 Å². The lowest BCUT2D eigenvalue weighted by atomic mass is 10.2. The third-order valence-corrected chi connectivity index (χ3v) is 3.93. The smallest absolute Gasteiger partial charge is 0.0728 e. The molecule has 116 valence electrons. The average Bonchev–Trinajstić information content (AvgIpc) is 2.71. The van der Waals surface area contributed by atoms with E-state index >= 15 is 0 Å². The van der Waals surface area contributed by atoms with Crippen LogP contribution in [0.4, 0.5) is 0 Å². The first kappa shape index (κ1) is 17.6. The van der Waals surface area contributed by atoms with Crippen molar-refractivity contribution >= 4 is 11.3 Å². The summed E-state index contributed by atoms with van der Waals surface area (Å²) in [5.41, 5.74) is 1.31. The summed E-state index contributed by atoms with van der Waals surface area (Å²) < 4.78 is 11.2. The fourth-order valence-corrected chi connectivity index (χ4v) is 2.74. The van der Waals surface area contributed by atoms with Gasteiger partial charge in [0.05, 0.1) is 19.8 Å². The monoisotopic (exact) mass is 299 g/mol. The minimum Gasteiger partial charge on any atom is -0.379 e. The molecule has 0 saturated heterocycles. The Bertz CT molecular complexity index is 375. The van der Waals surface area contributed by atoms with E-state index in [2.05, 4.69) is 46.0 Å². The zero-order valence-corrected chi connectivity index (χ0v) is 14.3. The van der Waals surface area contributed by atoms with Gasteiger partial charge < -0.3 is 14.8 Å². The van der Waals surface area contributed by atoms with Gasteiger partial charge in [-0.15, -0.1) is 11.3 Å². The van der Waals surface area contributed by atoms with E-state index in [1.807, 2.05) is 11.3 Å². The highest BCUT2D eigenvalue weighted by Gasteiger charge is 2.06. The minimum absolute atomic E-state index is 0.523. The van der Waals surface area contributed by atoms with Crippen LogP contribution in [0.25, 0.3) is 0 Å². The van der Waals surface area contributed by atoms with Crippen LogP contribution in [0, 0.1) is 12.8 Å². The molecule has 3 nitrogen and oxygen atoms in total. The predicted octanol–water partition coefficient (Wildman–Crippen LogP) is 3.74. The SMILES string of the molecule is Cc1sc(CNC(C)C)cc1COCCOCC(C)C. The normalized spacial score (nSPS) is 11.8. The summed E-state index contributed by atoms with van der Waals surface area (Å²) in [6, 6.07) is 2.78. The number of aryl methyl sites for hydroxylation is 1. The molecule has 0 aliphatic heterocycles. The second-order valence-electron chi connectivity index (χ2n) is 5.85. The molecule has 0 fully saturated rings. The van der Waals surface area contributed by atoms with E-state index in [0.29, 0.717) is 31.8 Å². The number of nitrogens with one attached hydrogen (secondary N) is 1. The van der Waals surface area contributed by atoms with E-state index in [4.69, 9.17) is 9.47 Å². The van der Waals surface area contributed by atoms with E-state index in [1.165, 1.54) is 15.3 Å². The van der Waals surface area contributed by atoms with Crippen molar-refractivity contribution in [1.29, 1.82) is 0 Å². The Hall–Kier alpha value is -0.420. The second kappa shape index (κ2) is 9.50. The number of hydrogen-bond acceptors (Lipinski definition) is 4. The topological polar surface area (TPSA) is 30.5 Å². The second-order valence-corrected chi connectivity index (χ2v) is 7.19. The maximum atomic E-state index is 5.68. The van der Waals surface area contributed by atoms with Gasteiger partial charge in [0.1, 0.15) is 0 Å². The summed E-state index contributed by atoms with van der Waals surface area (Å²) in [4.78, 5) is 2.74. The molecule has 0 saturated carbocycles. The molecule has 0 bridgehead atoms. The highest BCUT2D eigenvalue weighted by molar-refractivity contribution is 7.12. The van der Waals surface area contributed by atoms with Crippen molar-refractivity contribution in [2.24, 2.45) is 5.92 Å². The van der Waals surface area contributed by atoms with Crippen molar-refractivity contribution in [1.82, 2.24) is 5.32 Å². The molecule has 4 heteroatoms. The molecular formula is C16H29NO2S. The molecule has 1 aromatic rings. The summed E-state index contributed by atoms with van der Waals surface area (Å²) >= 11 is 1.85. The molecular weight excluding hydrogens is 270 g/mol. The van der Waals surface area contributed by atoms with Crippen LogP contribution in [0.15, 0.2) is 6.07 Å². The van der Waals surface area contributed by atoms with Crippen LogP contribution in [0.1, 0.15) is 43.0 Å². The van der Waals surface area contributed by atoms with E-state index in [0.717, 1.165) is 13.2 Å². The maximum Gasteiger partial charge on any atom is 0.0728 e. The molecule has 20 heavy (non-hydrogen) atoms. The molecule has 1 N–H and O–H groups in total. The summed E-state index contributed by atoms with van der Waals surface area (Å²) in [7, 11) is 0. The lowest BCUT2D eigenvalue weighted by Crippen LogP contribution is -2.21. The van der Waals surface area contributed by atoms with Crippen molar-refractivity contribution < 1.29 is 9.47 Å². The summed E-state index contributed by atoms with van der Waals surface area (Å²) in [6.45, 7) is 14.6. The summed E-state index contributed by atoms with van der Waals surface area (Å²) in [5.74, 6) is 0.588. The quantitative estimate of drug-likeness (QED) is 0.668. The molecule has 0 spiro atoms. The van der Waals surface area contributed by atoms with Gasteiger partial charge in [-0.2, -0.15) is 0 Å². The molecule has 0 unspecified atom stereocenters. The van der Waals surface area contributed by atoms with Crippen molar-refractivity contribution in [3.05, 3.63) is 21.4 Å². The number of hydrogen-bond donors (Lipinski definition) is 1. The third kappa shape index (κ3) is 7.39. The Morgan fingerprint density at radius 2 is 1.85 bits per heavy atom. The van der Waals surface area contributed by atoms with Crippen LogP contribution in [0.5, 0.6) is 0 Å². The number of thiophene rings is 1. The van der Waals surface area contributed by atoms with Gasteiger partial charge in [-0.25, -0.2) is 0 Å². The first-order valence-electron chi connectivity index (χ1n) is 7.46. The third-order valence-electron chi connectivity index (χ3n) is 2.84. The van der Waals surface area contributed by atoms with Crippen molar-refractivity contribution in [3.63, 3.8) is 0 Å². The first-order valence-corrected chi connectivity index (χ1v) is 8.27. The molecule has 1 aromatic heterocycles. The van der Waals surface area contributed by atoms with Gasteiger partial charge in [0.15, 0.2) is 0 Å². The standard InChI is InChI=1S/C16H29NO2S/c1-12(2)10-18-6-7-19-11-15-8-16(20-14(15)5)9-17-13(3)4/h8,12-13,17H,6-7,9-11H2,1-5H3. The fraction of sp³-hybridized carbons (Fsp3) is 0.750. The largest absolute Gasteiger partial charge is 0.379 e. The van der Waals surface area contributed by atoms with Crippen molar-refractivity contribution in [2.75, 3.05) is 19.8 Å². The Labute approximate surface area is 127 Å².